The van der Waals surface area contributed by atoms with Crippen LogP contribution in [-0.2, 0) is 14.3 Å². The Morgan fingerprint density at radius 2 is 1.86 bits per heavy atom. The summed E-state index contributed by atoms with van der Waals surface area (Å²) in [7, 11) is 0. The van der Waals surface area contributed by atoms with E-state index in [2.05, 4.69) is 5.32 Å². The van der Waals surface area contributed by atoms with Crippen molar-refractivity contribution >= 4 is 5.91 Å². The topological polar surface area (TPSA) is 221 Å². The molecule has 1 aliphatic heterocycles. The number of nitrogens with one attached hydrogen (secondary N) is 1. The summed E-state index contributed by atoms with van der Waals surface area (Å²) in [6.07, 6.45) is -9.30. The average Bonchev–Trinajstić information content (AvgIpc) is 2.69. The molecule has 0 radical (unpaired) electrons. The summed E-state index contributed by atoms with van der Waals surface area (Å²) in [5.41, 5.74) is 11.2. The number of carbonyl (C=O) groups excluding carboxylic acids is 1. The highest BCUT2D eigenvalue weighted by atomic mass is 16.7. The van der Waals surface area contributed by atoms with Gasteiger partial charge in [0.2, 0.25) is 5.91 Å². The largest absolute Gasteiger partial charge is 0.394 e. The van der Waals surface area contributed by atoms with Crippen molar-refractivity contribution in [3.63, 3.8) is 0 Å². The highest BCUT2D eigenvalue weighted by molar-refractivity contribution is 5.76. The van der Waals surface area contributed by atoms with Gasteiger partial charge < -0.3 is 56.9 Å². The van der Waals surface area contributed by atoms with E-state index < -0.39 is 68.2 Å². The Morgan fingerprint density at radius 1 is 1.21 bits per heavy atom. The van der Waals surface area contributed by atoms with Crippen molar-refractivity contribution in [3.8, 4) is 0 Å². The Balaban J connectivity index is 2.94. The second-order valence-electron chi connectivity index (χ2n) is 6.78. The van der Waals surface area contributed by atoms with Crippen LogP contribution in [0.25, 0.3) is 0 Å². The van der Waals surface area contributed by atoms with Gasteiger partial charge in [0.05, 0.1) is 37.5 Å². The lowest BCUT2D eigenvalue weighted by molar-refractivity contribution is -0.302. The number of aliphatic hydroxyl groups excluding tert-OH is 6. The molecule has 1 rings (SSSR count). The average molecular weight is 411 g/mol. The summed E-state index contributed by atoms with van der Waals surface area (Å²) in [5, 5.41) is 61.6. The van der Waals surface area contributed by atoms with Gasteiger partial charge in [0.15, 0.2) is 6.29 Å². The maximum atomic E-state index is 11.8. The molecule has 9 atom stereocenters. The standard InChI is InChI=1S/C16H33N3O9/c1-2-3-10(24)19-12-9(6-21)27-16(14(26)13(12)25)28-15(7(22)4-17)11(18)8(23)5-20/h7-9,11-16,20-23,25-26H,2-6,17-18H2,1H3,(H,19,24)/t7-,8+,9-,11+,12+,13-,14-,15-,16+/m0/s1. The van der Waals surface area contributed by atoms with Crippen LogP contribution in [0.4, 0.5) is 0 Å². The third-order valence-corrected chi connectivity index (χ3v) is 4.61. The minimum atomic E-state index is -1.67. The van der Waals surface area contributed by atoms with Crippen molar-refractivity contribution in [3.05, 3.63) is 0 Å². The van der Waals surface area contributed by atoms with Crippen LogP contribution in [0.5, 0.6) is 0 Å². The Morgan fingerprint density at radius 3 is 2.36 bits per heavy atom. The molecule has 166 valence electrons. The molecule has 1 saturated heterocycles. The number of hydrogen-bond acceptors (Lipinski definition) is 11. The number of ether oxygens (including phenoxy) is 2. The van der Waals surface area contributed by atoms with E-state index in [1.165, 1.54) is 0 Å². The van der Waals surface area contributed by atoms with E-state index in [-0.39, 0.29) is 18.9 Å². The van der Waals surface area contributed by atoms with Gasteiger partial charge in [-0.05, 0) is 6.42 Å². The highest BCUT2D eigenvalue weighted by Crippen LogP contribution is 2.25. The lowest BCUT2D eigenvalue weighted by Gasteiger charge is -2.44. The minimum absolute atomic E-state index is 0.191. The molecule has 0 saturated carbocycles. The Kier molecular flexibility index (Phi) is 10.7. The van der Waals surface area contributed by atoms with Crippen molar-refractivity contribution in [2.24, 2.45) is 11.5 Å². The van der Waals surface area contributed by atoms with E-state index in [1.807, 2.05) is 0 Å². The summed E-state index contributed by atoms with van der Waals surface area (Å²) in [5.74, 6) is -0.385. The predicted octanol–water partition coefficient (Wildman–Crippen LogP) is -4.90. The lowest BCUT2D eigenvalue weighted by Crippen LogP contribution is -2.66. The molecule has 11 N–H and O–H groups in total. The first-order valence-electron chi connectivity index (χ1n) is 9.21. The van der Waals surface area contributed by atoms with E-state index in [4.69, 9.17) is 26.0 Å². The van der Waals surface area contributed by atoms with Gasteiger partial charge in [-0.3, -0.25) is 4.79 Å². The van der Waals surface area contributed by atoms with Gasteiger partial charge in [0.25, 0.3) is 0 Å². The molecule has 12 nitrogen and oxygen atoms in total. The van der Waals surface area contributed by atoms with Crippen molar-refractivity contribution in [2.45, 2.75) is 74.8 Å². The molecule has 0 aromatic heterocycles. The van der Waals surface area contributed by atoms with Gasteiger partial charge in [0.1, 0.15) is 24.4 Å². The van der Waals surface area contributed by atoms with Crippen LogP contribution in [0.15, 0.2) is 0 Å². The van der Waals surface area contributed by atoms with E-state index in [1.54, 1.807) is 6.92 Å². The van der Waals surface area contributed by atoms with Crippen LogP contribution in [0.1, 0.15) is 19.8 Å². The second kappa shape index (κ2) is 11.9. The first-order valence-corrected chi connectivity index (χ1v) is 9.21. The van der Waals surface area contributed by atoms with Crippen molar-refractivity contribution < 1.29 is 44.9 Å². The molecule has 0 aliphatic carbocycles. The van der Waals surface area contributed by atoms with E-state index in [9.17, 15) is 30.3 Å². The second-order valence-corrected chi connectivity index (χ2v) is 6.78. The fraction of sp³-hybridized carbons (Fsp3) is 0.938. The van der Waals surface area contributed by atoms with Gasteiger partial charge in [-0.2, -0.15) is 0 Å². The number of amides is 1. The fourth-order valence-corrected chi connectivity index (χ4v) is 2.93. The van der Waals surface area contributed by atoms with Gasteiger partial charge in [-0.1, -0.05) is 6.92 Å². The Bertz CT molecular complexity index is 471. The van der Waals surface area contributed by atoms with Crippen LogP contribution in [0, 0.1) is 0 Å². The minimum Gasteiger partial charge on any atom is -0.394 e. The van der Waals surface area contributed by atoms with E-state index in [0.29, 0.717) is 6.42 Å². The third-order valence-electron chi connectivity index (χ3n) is 4.61. The van der Waals surface area contributed by atoms with Crippen LogP contribution in [-0.4, -0.2) is 111 Å². The van der Waals surface area contributed by atoms with Gasteiger partial charge in [0, 0.05) is 13.0 Å². The summed E-state index contributed by atoms with van der Waals surface area (Å²) in [6.45, 7) is 0.180. The van der Waals surface area contributed by atoms with Gasteiger partial charge in [-0.25, -0.2) is 0 Å². The highest BCUT2D eigenvalue weighted by Gasteiger charge is 2.47. The van der Waals surface area contributed by atoms with Crippen LogP contribution in [0.2, 0.25) is 0 Å². The molecule has 1 amide bonds. The zero-order valence-electron chi connectivity index (χ0n) is 15.8. The SMILES string of the molecule is CCCC(=O)N[C@H]1[C@H](O)[C@H](O)[C@@H](O[C@H]([C@H](N)[C@H](O)CO)[C@@H](O)CN)O[C@H]1CO. The molecule has 28 heavy (non-hydrogen) atoms. The number of aliphatic hydroxyl groups is 6. The maximum Gasteiger partial charge on any atom is 0.220 e. The summed E-state index contributed by atoms with van der Waals surface area (Å²) >= 11 is 0. The number of nitrogens with two attached hydrogens (primary N) is 2. The molecular weight excluding hydrogens is 378 g/mol. The first-order chi connectivity index (χ1) is 13.2. The van der Waals surface area contributed by atoms with Crippen LogP contribution in [0.3, 0.4) is 0 Å². The molecule has 1 fully saturated rings. The molecule has 0 spiro atoms. The van der Waals surface area contributed by atoms with Gasteiger partial charge in [-0.15, -0.1) is 0 Å². The van der Waals surface area contributed by atoms with Gasteiger partial charge >= 0.3 is 0 Å². The fourth-order valence-electron chi connectivity index (χ4n) is 2.93. The molecule has 12 heteroatoms. The van der Waals surface area contributed by atoms with Crippen LogP contribution < -0.4 is 16.8 Å². The summed E-state index contributed by atoms with van der Waals surface area (Å²) in [6, 6.07) is -2.38. The maximum absolute atomic E-state index is 11.8. The normalized spacial score (nSPS) is 32.4. The molecule has 0 unspecified atom stereocenters. The number of hydrogen-bond donors (Lipinski definition) is 9. The van der Waals surface area contributed by atoms with Crippen molar-refractivity contribution in [1.29, 1.82) is 0 Å². The van der Waals surface area contributed by atoms with Crippen molar-refractivity contribution in [1.82, 2.24) is 5.32 Å². The van der Waals surface area contributed by atoms with E-state index in [0.717, 1.165) is 0 Å². The smallest absolute Gasteiger partial charge is 0.220 e. The summed E-state index contributed by atoms with van der Waals surface area (Å²) in [4.78, 5) is 11.8. The zero-order chi connectivity index (χ0) is 21.4. The molecule has 0 aromatic rings. The zero-order valence-corrected chi connectivity index (χ0v) is 15.8. The molecule has 1 heterocycles. The molecule has 0 bridgehead atoms. The Hall–Kier alpha value is -0.930. The number of rotatable bonds is 11. The Labute approximate surface area is 163 Å². The first kappa shape index (κ1) is 25.1. The number of carbonyl (C=O) groups is 1. The van der Waals surface area contributed by atoms with Crippen LogP contribution >= 0.6 is 0 Å². The van der Waals surface area contributed by atoms with Crippen molar-refractivity contribution in [2.75, 3.05) is 19.8 Å². The third kappa shape index (κ3) is 6.29. The predicted molar refractivity (Wildman–Crippen MR) is 95.6 cm³/mol. The molecular formula is C16H33N3O9. The molecule has 0 aromatic carbocycles. The molecule has 1 aliphatic rings. The quantitative estimate of drug-likeness (QED) is 0.157. The lowest BCUT2D eigenvalue weighted by atomic mass is 9.95. The monoisotopic (exact) mass is 411 g/mol. The summed E-state index contributed by atoms with van der Waals surface area (Å²) < 4.78 is 10.9. The van der Waals surface area contributed by atoms with E-state index >= 15 is 0 Å².